The molecule has 98 valence electrons. The first kappa shape index (κ1) is 11.6. The van der Waals surface area contributed by atoms with Crippen LogP contribution in [-0.4, -0.2) is 41.3 Å². The quantitative estimate of drug-likeness (QED) is 0.643. The fraction of sp³-hybridized carbons (Fsp3) is 0.231. The Labute approximate surface area is 109 Å². The van der Waals surface area contributed by atoms with E-state index in [1.54, 1.807) is 12.1 Å². The lowest BCUT2D eigenvalue weighted by molar-refractivity contribution is -0.123. The van der Waals surface area contributed by atoms with Gasteiger partial charge in [0.1, 0.15) is 5.69 Å². The van der Waals surface area contributed by atoms with Crippen molar-refractivity contribution in [3.05, 3.63) is 30.0 Å². The van der Waals surface area contributed by atoms with Gasteiger partial charge in [0.05, 0.1) is 6.54 Å². The Bertz CT molecular complexity index is 662. The lowest BCUT2D eigenvalue weighted by atomic mass is 10.2. The van der Waals surface area contributed by atoms with Crippen molar-refractivity contribution in [2.45, 2.75) is 0 Å². The molecule has 6 heteroatoms. The van der Waals surface area contributed by atoms with Crippen LogP contribution in [0, 0.1) is 0 Å². The minimum Gasteiger partial charge on any atom is -0.399 e. The van der Waals surface area contributed by atoms with Crippen LogP contribution in [-0.2, 0) is 4.79 Å². The lowest BCUT2D eigenvalue weighted by Gasteiger charge is -2.26. The molecule has 0 atom stereocenters. The second-order valence-electron chi connectivity index (χ2n) is 4.61. The maximum atomic E-state index is 12.3. The SMILES string of the molecule is Nc1ccc2[nH]c(C(=O)N3CCNC(=O)C3)cc2c1. The van der Waals surface area contributed by atoms with Crippen molar-refractivity contribution in [2.24, 2.45) is 0 Å². The number of aromatic amines is 1. The van der Waals surface area contributed by atoms with Gasteiger partial charge in [0.2, 0.25) is 5.91 Å². The summed E-state index contributed by atoms with van der Waals surface area (Å²) in [5.41, 5.74) is 7.71. The molecular formula is C13H14N4O2. The number of piperazine rings is 1. The Morgan fingerprint density at radius 3 is 2.95 bits per heavy atom. The summed E-state index contributed by atoms with van der Waals surface area (Å²) >= 11 is 0. The van der Waals surface area contributed by atoms with Crippen molar-refractivity contribution in [2.75, 3.05) is 25.4 Å². The Hall–Kier alpha value is -2.50. The standard InChI is InChI=1S/C13H14N4O2/c14-9-1-2-10-8(5-9)6-11(16-10)13(19)17-4-3-15-12(18)7-17/h1-2,5-6,16H,3-4,7,14H2,(H,15,18). The van der Waals surface area contributed by atoms with Crippen LogP contribution < -0.4 is 11.1 Å². The highest BCUT2D eigenvalue weighted by Gasteiger charge is 2.23. The number of carbonyl (C=O) groups is 2. The normalized spacial score (nSPS) is 15.6. The van der Waals surface area contributed by atoms with Gasteiger partial charge in [-0.3, -0.25) is 9.59 Å². The Balaban J connectivity index is 1.90. The average Bonchev–Trinajstić information content (AvgIpc) is 2.80. The maximum Gasteiger partial charge on any atom is 0.270 e. The van der Waals surface area contributed by atoms with Crippen LogP contribution in [0.5, 0.6) is 0 Å². The van der Waals surface area contributed by atoms with Gasteiger partial charge in [0.25, 0.3) is 5.91 Å². The Kier molecular flexibility index (Phi) is 2.63. The summed E-state index contributed by atoms with van der Waals surface area (Å²) in [5.74, 6) is -0.287. The van der Waals surface area contributed by atoms with E-state index < -0.39 is 0 Å². The number of nitrogens with two attached hydrogens (primary N) is 1. The number of nitrogens with zero attached hydrogens (tertiary/aromatic N) is 1. The summed E-state index contributed by atoms with van der Waals surface area (Å²) in [6.45, 7) is 1.14. The van der Waals surface area contributed by atoms with Crippen LogP contribution in [0.15, 0.2) is 24.3 Å². The predicted molar refractivity (Wildman–Crippen MR) is 71.6 cm³/mol. The molecule has 2 heterocycles. The molecule has 0 saturated carbocycles. The van der Waals surface area contributed by atoms with E-state index in [1.807, 2.05) is 12.1 Å². The molecule has 0 aliphatic carbocycles. The average molecular weight is 258 g/mol. The molecule has 1 aliphatic heterocycles. The summed E-state index contributed by atoms with van der Waals surface area (Å²) < 4.78 is 0. The first-order valence-corrected chi connectivity index (χ1v) is 6.08. The molecule has 19 heavy (non-hydrogen) atoms. The topological polar surface area (TPSA) is 91.2 Å². The number of nitrogen functional groups attached to an aromatic ring is 1. The molecule has 2 aromatic rings. The number of amides is 2. The molecular weight excluding hydrogens is 244 g/mol. The third-order valence-corrected chi connectivity index (χ3v) is 3.20. The second kappa shape index (κ2) is 4.31. The summed E-state index contributed by atoms with van der Waals surface area (Å²) in [5, 5.41) is 3.59. The molecule has 1 aromatic carbocycles. The molecule has 4 N–H and O–H groups in total. The van der Waals surface area contributed by atoms with Crippen LogP contribution in [0.4, 0.5) is 5.69 Å². The van der Waals surface area contributed by atoms with E-state index in [4.69, 9.17) is 5.73 Å². The number of hydrogen-bond donors (Lipinski definition) is 3. The summed E-state index contributed by atoms with van der Waals surface area (Å²) in [6, 6.07) is 7.19. The van der Waals surface area contributed by atoms with E-state index in [2.05, 4.69) is 10.3 Å². The highest BCUT2D eigenvalue weighted by atomic mass is 16.2. The number of anilines is 1. The fourth-order valence-corrected chi connectivity index (χ4v) is 2.25. The molecule has 1 aliphatic rings. The van der Waals surface area contributed by atoms with Crippen LogP contribution in [0.1, 0.15) is 10.5 Å². The Morgan fingerprint density at radius 2 is 2.16 bits per heavy atom. The molecule has 1 saturated heterocycles. The molecule has 1 aromatic heterocycles. The fourth-order valence-electron chi connectivity index (χ4n) is 2.25. The molecule has 0 bridgehead atoms. The zero-order valence-electron chi connectivity index (χ0n) is 10.3. The lowest BCUT2D eigenvalue weighted by Crippen LogP contribution is -2.50. The minimum absolute atomic E-state index is 0.107. The van der Waals surface area contributed by atoms with Crippen LogP contribution in [0.2, 0.25) is 0 Å². The molecule has 3 rings (SSSR count). The van der Waals surface area contributed by atoms with E-state index >= 15 is 0 Å². The third-order valence-electron chi connectivity index (χ3n) is 3.20. The number of benzene rings is 1. The number of H-pyrrole nitrogens is 1. The maximum absolute atomic E-state index is 12.3. The number of nitrogens with one attached hydrogen (secondary N) is 2. The van der Waals surface area contributed by atoms with Gasteiger partial charge in [-0.25, -0.2) is 0 Å². The van der Waals surface area contributed by atoms with Gasteiger partial charge in [-0.1, -0.05) is 0 Å². The largest absolute Gasteiger partial charge is 0.399 e. The van der Waals surface area contributed by atoms with Crippen LogP contribution in [0.25, 0.3) is 10.9 Å². The zero-order chi connectivity index (χ0) is 13.4. The highest BCUT2D eigenvalue weighted by molar-refractivity contribution is 6.00. The predicted octanol–water partition coefficient (Wildman–Crippen LogP) is 0.322. The molecule has 0 radical (unpaired) electrons. The smallest absolute Gasteiger partial charge is 0.270 e. The third kappa shape index (κ3) is 2.12. The van der Waals surface area contributed by atoms with Crippen molar-refractivity contribution in [1.82, 2.24) is 15.2 Å². The van der Waals surface area contributed by atoms with Gasteiger partial charge in [-0.2, -0.15) is 0 Å². The van der Waals surface area contributed by atoms with E-state index in [-0.39, 0.29) is 18.4 Å². The van der Waals surface area contributed by atoms with Crippen molar-refractivity contribution in [1.29, 1.82) is 0 Å². The summed E-state index contributed by atoms with van der Waals surface area (Å²) in [7, 11) is 0. The van der Waals surface area contributed by atoms with E-state index in [0.717, 1.165) is 10.9 Å². The molecule has 2 amide bonds. The van der Waals surface area contributed by atoms with Gasteiger partial charge in [-0.15, -0.1) is 0 Å². The Morgan fingerprint density at radius 1 is 1.32 bits per heavy atom. The van der Waals surface area contributed by atoms with Crippen LogP contribution in [0.3, 0.4) is 0 Å². The minimum atomic E-state index is -0.162. The zero-order valence-corrected chi connectivity index (χ0v) is 10.3. The second-order valence-corrected chi connectivity index (χ2v) is 4.61. The number of fused-ring (bicyclic) bond motifs is 1. The summed E-state index contributed by atoms with van der Waals surface area (Å²) in [4.78, 5) is 28.2. The van der Waals surface area contributed by atoms with Crippen LogP contribution >= 0.6 is 0 Å². The van der Waals surface area contributed by atoms with E-state index in [9.17, 15) is 9.59 Å². The van der Waals surface area contributed by atoms with E-state index in [0.29, 0.717) is 24.5 Å². The highest BCUT2D eigenvalue weighted by Crippen LogP contribution is 2.19. The van der Waals surface area contributed by atoms with Crippen molar-refractivity contribution >= 4 is 28.4 Å². The molecule has 1 fully saturated rings. The summed E-state index contributed by atoms with van der Waals surface area (Å²) in [6.07, 6.45) is 0. The van der Waals surface area contributed by atoms with Crippen molar-refractivity contribution in [3.8, 4) is 0 Å². The number of hydrogen-bond acceptors (Lipinski definition) is 3. The van der Waals surface area contributed by atoms with Gasteiger partial charge in [0, 0.05) is 29.7 Å². The van der Waals surface area contributed by atoms with Crippen molar-refractivity contribution in [3.63, 3.8) is 0 Å². The van der Waals surface area contributed by atoms with Crippen molar-refractivity contribution < 1.29 is 9.59 Å². The first-order valence-electron chi connectivity index (χ1n) is 6.08. The molecule has 0 spiro atoms. The van der Waals surface area contributed by atoms with E-state index in [1.165, 1.54) is 4.90 Å². The number of carbonyl (C=O) groups excluding carboxylic acids is 2. The van der Waals surface area contributed by atoms with Gasteiger partial charge in [0.15, 0.2) is 0 Å². The molecule has 0 unspecified atom stereocenters. The van der Waals surface area contributed by atoms with Gasteiger partial charge >= 0.3 is 0 Å². The number of aromatic nitrogens is 1. The van der Waals surface area contributed by atoms with Gasteiger partial charge < -0.3 is 20.9 Å². The monoisotopic (exact) mass is 258 g/mol. The first-order chi connectivity index (χ1) is 9.13. The molecule has 6 nitrogen and oxygen atoms in total. The number of rotatable bonds is 1. The van der Waals surface area contributed by atoms with Gasteiger partial charge in [-0.05, 0) is 24.3 Å².